The van der Waals surface area contributed by atoms with Gasteiger partial charge in [-0.25, -0.2) is 5.43 Å². The van der Waals surface area contributed by atoms with Crippen molar-refractivity contribution in [2.45, 2.75) is 39.0 Å². The molecule has 1 aliphatic rings. The van der Waals surface area contributed by atoms with Crippen LogP contribution in [0.15, 0.2) is 29.4 Å². The second-order valence-electron chi connectivity index (χ2n) is 6.16. The van der Waals surface area contributed by atoms with E-state index in [1.807, 2.05) is 31.2 Å². The van der Waals surface area contributed by atoms with Crippen LogP contribution in [0.4, 0.5) is 0 Å². The number of amides is 1. The lowest BCUT2D eigenvalue weighted by atomic mass is 10.1. The molecular formula is C20H24N2O3S. The van der Waals surface area contributed by atoms with E-state index in [0.29, 0.717) is 18.1 Å². The maximum atomic E-state index is 12.3. The van der Waals surface area contributed by atoms with Gasteiger partial charge in [0.1, 0.15) is 0 Å². The Morgan fingerprint density at radius 2 is 2.08 bits per heavy atom. The summed E-state index contributed by atoms with van der Waals surface area (Å²) in [4.78, 5) is 14.4. The first-order chi connectivity index (χ1) is 12.7. The number of hydrogen-bond acceptors (Lipinski definition) is 5. The van der Waals surface area contributed by atoms with Crippen molar-refractivity contribution in [3.63, 3.8) is 0 Å². The Bertz CT molecular complexity index is 775. The highest BCUT2D eigenvalue weighted by molar-refractivity contribution is 7.14. The number of aryl methyl sites for hydroxylation is 2. The lowest BCUT2D eigenvalue weighted by Gasteiger charge is -2.09. The number of nitrogens with zero attached hydrogens (tertiary/aromatic N) is 1. The Morgan fingerprint density at radius 1 is 1.23 bits per heavy atom. The number of ether oxygens (including phenoxy) is 2. The molecule has 1 amide bonds. The lowest BCUT2D eigenvalue weighted by Crippen LogP contribution is -2.16. The second kappa shape index (κ2) is 8.85. The van der Waals surface area contributed by atoms with Crippen LogP contribution in [-0.4, -0.2) is 25.8 Å². The van der Waals surface area contributed by atoms with Crippen LogP contribution < -0.4 is 14.9 Å². The Labute approximate surface area is 158 Å². The summed E-state index contributed by atoms with van der Waals surface area (Å²) in [6, 6.07) is 7.55. The van der Waals surface area contributed by atoms with Crippen LogP contribution in [0.5, 0.6) is 11.5 Å². The van der Waals surface area contributed by atoms with Crippen molar-refractivity contribution in [2.24, 2.45) is 5.10 Å². The summed E-state index contributed by atoms with van der Waals surface area (Å²) in [7, 11) is 1.61. The Balaban J connectivity index is 1.65. The molecule has 1 aromatic heterocycles. The van der Waals surface area contributed by atoms with Gasteiger partial charge in [-0.3, -0.25) is 4.79 Å². The lowest BCUT2D eigenvalue weighted by molar-refractivity contribution is 0.0959. The molecule has 138 valence electrons. The fourth-order valence-electron chi connectivity index (χ4n) is 3.04. The predicted molar refractivity (Wildman–Crippen MR) is 105 cm³/mol. The zero-order valence-corrected chi connectivity index (χ0v) is 16.0. The van der Waals surface area contributed by atoms with E-state index in [1.54, 1.807) is 24.7 Å². The Kier molecular flexibility index (Phi) is 6.28. The molecule has 0 fully saturated rings. The third-order valence-electron chi connectivity index (χ3n) is 4.34. The monoisotopic (exact) mass is 372 g/mol. The van der Waals surface area contributed by atoms with Crippen LogP contribution in [0.25, 0.3) is 0 Å². The van der Waals surface area contributed by atoms with E-state index in [4.69, 9.17) is 9.47 Å². The van der Waals surface area contributed by atoms with E-state index < -0.39 is 0 Å². The second-order valence-corrected chi connectivity index (χ2v) is 7.30. The maximum absolute atomic E-state index is 12.3. The van der Waals surface area contributed by atoms with Gasteiger partial charge in [0.25, 0.3) is 5.91 Å². The van der Waals surface area contributed by atoms with Crippen molar-refractivity contribution < 1.29 is 14.3 Å². The van der Waals surface area contributed by atoms with Crippen molar-refractivity contribution in [3.05, 3.63) is 45.1 Å². The smallest absolute Gasteiger partial charge is 0.281 e. The third kappa shape index (κ3) is 4.43. The summed E-state index contributed by atoms with van der Waals surface area (Å²) in [5.41, 5.74) is 4.78. The van der Waals surface area contributed by atoms with Gasteiger partial charge in [0.2, 0.25) is 0 Å². The van der Waals surface area contributed by atoms with Gasteiger partial charge in [-0.2, -0.15) is 5.10 Å². The molecule has 0 saturated heterocycles. The molecule has 6 heteroatoms. The number of hydrazone groups is 1. The summed E-state index contributed by atoms with van der Waals surface area (Å²) in [5, 5.41) is 4.09. The van der Waals surface area contributed by atoms with Gasteiger partial charge >= 0.3 is 0 Å². The van der Waals surface area contributed by atoms with Crippen LogP contribution in [0, 0.1) is 0 Å². The molecule has 0 bridgehead atoms. The van der Waals surface area contributed by atoms with Gasteiger partial charge in [0, 0.05) is 4.88 Å². The average molecular weight is 372 g/mol. The number of carbonyl (C=O) groups excluding carboxylic acids is 1. The quantitative estimate of drug-likeness (QED) is 0.470. The van der Waals surface area contributed by atoms with Crippen molar-refractivity contribution in [1.82, 2.24) is 5.43 Å². The highest BCUT2D eigenvalue weighted by atomic mass is 32.1. The molecule has 3 rings (SSSR count). The minimum Gasteiger partial charge on any atom is -0.493 e. The van der Waals surface area contributed by atoms with Gasteiger partial charge in [-0.15, -0.1) is 11.3 Å². The summed E-state index contributed by atoms with van der Waals surface area (Å²) >= 11 is 1.59. The summed E-state index contributed by atoms with van der Waals surface area (Å²) < 4.78 is 10.8. The molecule has 1 aliphatic carbocycles. The topological polar surface area (TPSA) is 59.9 Å². The average Bonchev–Trinajstić information content (AvgIpc) is 2.93. The van der Waals surface area contributed by atoms with Gasteiger partial charge in [0.05, 0.1) is 24.8 Å². The van der Waals surface area contributed by atoms with Crippen LogP contribution in [0.2, 0.25) is 0 Å². The highest BCUT2D eigenvalue weighted by Gasteiger charge is 2.16. The number of rotatable bonds is 6. The van der Waals surface area contributed by atoms with E-state index in [1.165, 1.54) is 29.7 Å². The van der Waals surface area contributed by atoms with Crippen molar-refractivity contribution >= 4 is 23.5 Å². The number of carbonyl (C=O) groups is 1. The summed E-state index contributed by atoms with van der Waals surface area (Å²) in [6.07, 6.45) is 7.48. The van der Waals surface area contributed by atoms with Gasteiger partial charge in [-0.05, 0) is 68.0 Å². The van der Waals surface area contributed by atoms with Crippen molar-refractivity contribution in [1.29, 1.82) is 0 Å². The van der Waals surface area contributed by atoms with E-state index >= 15 is 0 Å². The molecule has 0 radical (unpaired) electrons. The summed E-state index contributed by atoms with van der Waals surface area (Å²) in [5.74, 6) is 1.18. The van der Waals surface area contributed by atoms with Gasteiger partial charge in [0.15, 0.2) is 11.5 Å². The fraction of sp³-hybridized carbons (Fsp3) is 0.400. The van der Waals surface area contributed by atoms with Crippen LogP contribution in [0.1, 0.15) is 51.9 Å². The minimum absolute atomic E-state index is 0.155. The highest BCUT2D eigenvalue weighted by Crippen LogP contribution is 2.29. The Morgan fingerprint density at radius 3 is 2.88 bits per heavy atom. The fourth-order valence-corrected chi connectivity index (χ4v) is 4.19. The largest absolute Gasteiger partial charge is 0.493 e. The zero-order valence-electron chi connectivity index (χ0n) is 15.2. The molecule has 0 spiro atoms. The molecule has 1 heterocycles. The van der Waals surface area contributed by atoms with E-state index in [2.05, 4.69) is 10.5 Å². The normalized spacial score (nSPS) is 13.9. The number of benzene rings is 1. The standard InChI is InChI=1S/C20H24N2O3S/c1-3-25-17-11-14(9-10-16(17)24-2)13-21-22-20(23)19-12-15-7-5-4-6-8-18(15)26-19/h9-13H,3-8H2,1-2H3,(H,22,23)/b21-13-. The molecular weight excluding hydrogens is 348 g/mol. The first-order valence-corrected chi connectivity index (χ1v) is 9.78. The predicted octanol–water partition coefficient (Wildman–Crippen LogP) is 4.19. The molecule has 26 heavy (non-hydrogen) atoms. The van der Waals surface area contributed by atoms with Crippen LogP contribution in [0.3, 0.4) is 0 Å². The zero-order chi connectivity index (χ0) is 18.4. The number of nitrogens with one attached hydrogen (secondary N) is 1. The molecule has 0 aliphatic heterocycles. The molecule has 0 unspecified atom stereocenters. The maximum Gasteiger partial charge on any atom is 0.281 e. The molecule has 0 saturated carbocycles. The van der Waals surface area contributed by atoms with E-state index in [0.717, 1.165) is 23.3 Å². The van der Waals surface area contributed by atoms with Crippen molar-refractivity contribution in [3.8, 4) is 11.5 Å². The SMILES string of the molecule is CCOc1cc(/C=N\NC(=O)c2cc3c(s2)CCCCC3)ccc1OC. The number of methoxy groups -OCH3 is 1. The summed E-state index contributed by atoms with van der Waals surface area (Å²) in [6.45, 7) is 2.47. The van der Waals surface area contributed by atoms with Crippen LogP contribution >= 0.6 is 11.3 Å². The number of fused-ring (bicyclic) bond motifs is 1. The first kappa shape index (κ1) is 18.5. The molecule has 5 nitrogen and oxygen atoms in total. The molecule has 1 N–H and O–H groups in total. The van der Waals surface area contributed by atoms with E-state index in [9.17, 15) is 4.79 Å². The minimum atomic E-state index is -0.155. The Hall–Kier alpha value is -2.34. The first-order valence-electron chi connectivity index (χ1n) is 8.97. The van der Waals surface area contributed by atoms with Gasteiger partial charge in [-0.1, -0.05) is 6.42 Å². The number of hydrogen-bond donors (Lipinski definition) is 1. The van der Waals surface area contributed by atoms with Gasteiger partial charge < -0.3 is 9.47 Å². The molecule has 2 aromatic rings. The molecule has 1 aromatic carbocycles. The van der Waals surface area contributed by atoms with Crippen molar-refractivity contribution in [2.75, 3.05) is 13.7 Å². The number of thiophene rings is 1. The third-order valence-corrected chi connectivity index (χ3v) is 5.57. The van der Waals surface area contributed by atoms with E-state index in [-0.39, 0.29) is 5.91 Å². The van der Waals surface area contributed by atoms with Crippen LogP contribution in [-0.2, 0) is 12.8 Å². The molecule has 0 atom stereocenters.